The summed E-state index contributed by atoms with van der Waals surface area (Å²) in [7, 11) is 5.08. The number of urea groups is 1. The maximum atomic E-state index is 14.0. The molecule has 0 spiro atoms. The third-order valence-electron chi connectivity index (χ3n) is 8.04. The zero-order chi connectivity index (χ0) is 31.0. The highest BCUT2D eigenvalue weighted by atomic mass is 19.1. The van der Waals surface area contributed by atoms with Crippen LogP contribution in [0.2, 0.25) is 0 Å². The van der Waals surface area contributed by atoms with Crippen LogP contribution in [0.4, 0.5) is 15.0 Å². The Bertz CT molecular complexity index is 1880. The Hall–Kier alpha value is -4.88. The van der Waals surface area contributed by atoms with Crippen molar-refractivity contribution in [1.82, 2.24) is 34.4 Å². The number of para-hydroxylation sites is 1. The number of nitrogens with zero attached hydrogens (tertiary/aromatic N) is 6. The van der Waals surface area contributed by atoms with E-state index >= 15 is 0 Å². The molecule has 2 amide bonds. The SMILES string of the molecule is COCC[C@@H]1C[C@@H](NC(=O)Nc2c(C)c(-c3cnc4c(c3)c(=O)n(C)n4C)nn2-c2ccccc2)[C@H](c2ccnc(F)c2)O1. The standard InChI is InChI=1S/C31H33FN8O4/c1-18-26(20-14-23-29(34-17-20)38(2)39(3)30(23)41)37-40(21-8-6-5-7-9-21)28(18)36-31(42)35-24-16-22(11-13-43-4)44-27(24)19-10-12-33-25(32)15-19/h5-10,12,14-15,17,22,24,27H,11,13,16H2,1-4H3,(H2,35,36,42)/t22-,24-,27+/m1/s1. The first-order valence-electron chi connectivity index (χ1n) is 14.3. The number of aryl methyl sites for hydroxylation is 1. The molecule has 1 aliphatic rings. The highest BCUT2D eigenvalue weighted by molar-refractivity contribution is 5.91. The van der Waals surface area contributed by atoms with Gasteiger partial charge >= 0.3 is 6.03 Å². The number of methoxy groups -OCH3 is 1. The monoisotopic (exact) mass is 600 g/mol. The van der Waals surface area contributed by atoms with Gasteiger partial charge in [-0.1, -0.05) is 18.2 Å². The molecule has 0 radical (unpaired) electrons. The molecule has 0 saturated carbocycles. The average Bonchev–Trinajstić information content (AvgIpc) is 3.65. The molecule has 13 heteroatoms. The molecule has 4 aromatic heterocycles. The topological polar surface area (TPSA) is 130 Å². The van der Waals surface area contributed by atoms with Gasteiger partial charge in [-0.05, 0) is 55.7 Å². The summed E-state index contributed by atoms with van der Waals surface area (Å²) in [5.41, 5.74) is 3.61. The summed E-state index contributed by atoms with van der Waals surface area (Å²) < 4.78 is 30.3. The van der Waals surface area contributed by atoms with Crippen molar-refractivity contribution in [1.29, 1.82) is 0 Å². The van der Waals surface area contributed by atoms with E-state index in [0.717, 1.165) is 5.69 Å². The van der Waals surface area contributed by atoms with Crippen LogP contribution in [0.25, 0.3) is 28.0 Å². The number of nitrogens with one attached hydrogen (secondary N) is 2. The molecule has 0 bridgehead atoms. The number of pyridine rings is 2. The van der Waals surface area contributed by atoms with Gasteiger partial charge in [0.15, 0.2) is 5.65 Å². The van der Waals surface area contributed by atoms with Crippen LogP contribution in [0.1, 0.15) is 30.1 Å². The summed E-state index contributed by atoms with van der Waals surface area (Å²) in [5, 5.41) is 11.3. The van der Waals surface area contributed by atoms with Gasteiger partial charge in [-0.3, -0.25) is 19.5 Å². The van der Waals surface area contributed by atoms with Gasteiger partial charge in [-0.15, -0.1) is 0 Å². The normalized spacial score (nSPS) is 18.2. The lowest BCUT2D eigenvalue weighted by Crippen LogP contribution is -2.40. The summed E-state index contributed by atoms with van der Waals surface area (Å²) in [4.78, 5) is 34.6. The summed E-state index contributed by atoms with van der Waals surface area (Å²) in [6.45, 7) is 2.35. The first-order valence-corrected chi connectivity index (χ1v) is 14.3. The molecule has 5 aromatic rings. The Morgan fingerprint density at radius 1 is 1.14 bits per heavy atom. The number of aromatic nitrogens is 6. The minimum atomic E-state index is -0.620. The van der Waals surface area contributed by atoms with Crippen LogP contribution in [-0.4, -0.2) is 61.0 Å². The van der Waals surface area contributed by atoms with Crippen molar-refractivity contribution in [2.45, 2.75) is 38.0 Å². The summed E-state index contributed by atoms with van der Waals surface area (Å²) in [6.07, 6.45) is 3.46. The molecule has 5 heterocycles. The van der Waals surface area contributed by atoms with Gasteiger partial charge in [0.2, 0.25) is 5.95 Å². The predicted octanol–water partition coefficient (Wildman–Crippen LogP) is 4.02. The summed E-state index contributed by atoms with van der Waals surface area (Å²) >= 11 is 0. The van der Waals surface area contributed by atoms with Crippen LogP contribution in [0, 0.1) is 12.9 Å². The molecule has 1 aliphatic heterocycles. The van der Waals surface area contributed by atoms with Crippen LogP contribution in [-0.2, 0) is 23.6 Å². The summed E-state index contributed by atoms with van der Waals surface area (Å²) in [5.74, 6) is -0.170. The van der Waals surface area contributed by atoms with E-state index in [1.54, 1.807) is 48.9 Å². The lowest BCUT2D eigenvalue weighted by atomic mass is 10.0. The number of fused-ring (bicyclic) bond motifs is 1. The van der Waals surface area contributed by atoms with Crippen LogP contribution in [0.15, 0.2) is 65.7 Å². The first-order chi connectivity index (χ1) is 21.2. The third kappa shape index (κ3) is 5.47. The van der Waals surface area contributed by atoms with Crippen LogP contribution in [0.5, 0.6) is 0 Å². The predicted molar refractivity (Wildman–Crippen MR) is 162 cm³/mol. The highest BCUT2D eigenvalue weighted by Crippen LogP contribution is 2.35. The van der Waals surface area contributed by atoms with E-state index in [1.165, 1.54) is 16.9 Å². The van der Waals surface area contributed by atoms with Crippen molar-refractivity contribution >= 4 is 22.9 Å². The molecule has 3 atom stereocenters. The van der Waals surface area contributed by atoms with Crippen molar-refractivity contribution in [3.8, 4) is 16.9 Å². The highest BCUT2D eigenvalue weighted by Gasteiger charge is 2.37. The Balaban J connectivity index is 1.33. The zero-order valence-electron chi connectivity index (χ0n) is 24.8. The number of rotatable bonds is 8. The van der Waals surface area contributed by atoms with E-state index in [1.807, 2.05) is 37.3 Å². The van der Waals surface area contributed by atoms with Gasteiger partial charge in [0.1, 0.15) is 11.9 Å². The number of hydrogen-bond donors (Lipinski definition) is 2. The van der Waals surface area contributed by atoms with E-state index in [-0.39, 0.29) is 11.7 Å². The number of benzene rings is 1. The average molecular weight is 601 g/mol. The molecule has 12 nitrogen and oxygen atoms in total. The van der Waals surface area contributed by atoms with E-state index in [4.69, 9.17) is 14.6 Å². The van der Waals surface area contributed by atoms with E-state index < -0.39 is 24.1 Å². The second-order valence-corrected chi connectivity index (χ2v) is 10.8. The molecule has 2 N–H and O–H groups in total. The van der Waals surface area contributed by atoms with Crippen LogP contribution >= 0.6 is 0 Å². The van der Waals surface area contributed by atoms with Gasteiger partial charge < -0.3 is 14.8 Å². The third-order valence-corrected chi connectivity index (χ3v) is 8.04. The Kier molecular flexibility index (Phi) is 7.97. The quantitative estimate of drug-likeness (QED) is 0.257. The molecular formula is C31H33FN8O4. The van der Waals surface area contributed by atoms with Gasteiger partial charge in [-0.2, -0.15) is 9.49 Å². The molecule has 44 heavy (non-hydrogen) atoms. The van der Waals surface area contributed by atoms with E-state index in [9.17, 15) is 14.0 Å². The maximum absolute atomic E-state index is 14.0. The Morgan fingerprint density at radius 2 is 1.93 bits per heavy atom. The number of ether oxygens (including phenoxy) is 2. The fourth-order valence-corrected chi connectivity index (χ4v) is 5.68. The Labute approximate surface area is 252 Å². The van der Waals surface area contributed by atoms with E-state index in [0.29, 0.717) is 58.7 Å². The summed E-state index contributed by atoms with van der Waals surface area (Å²) in [6, 6.07) is 13.3. The lowest BCUT2D eigenvalue weighted by Gasteiger charge is -2.21. The number of carbonyl (C=O) groups excluding carboxylic acids is 1. The number of anilines is 1. The fraction of sp³-hybridized carbons (Fsp3) is 0.323. The van der Waals surface area contributed by atoms with Gasteiger partial charge in [0.05, 0.1) is 28.9 Å². The molecule has 1 fully saturated rings. The largest absolute Gasteiger partial charge is 0.385 e. The van der Waals surface area contributed by atoms with Crippen molar-refractivity contribution in [3.63, 3.8) is 0 Å². The van der Waals surface area contributed by atoms with Crippen LogP contribution in [0.3, 0.4) is 0 Å². The molecule has 1 aromatic carbocycles. The molecule has 228 valence electrons. The molecule has 6 rings (SSSR count). The van der Waals surface area contributed by atoms with Gasteiger partial charge in [-0.25, -0.2) is 19.4 Å². The second-order valence-electron chi connectivity index (χ2n) is 10.8. The number of amides is 2. The fourth-order valence-electron chi connectivity index (χ4n) is 5.68. The molecular weight excluding hydrogens is 567 g/mol. The van der Waals surface area contributed by atoms with Crippen molar-refractivity contribution < 1.29 is 18.7 Å². The van der Waals surface area contributed by atoms with Crippen molar-refractivity contribution in [2.24, 2.45) is 14.1 Å². The van der Waals surface area contributed by atoms with Crippen molar-refractivity contribution in [3.05, 3.63) is 88.4 Å². The molecule has 0 unspecified atom stereocenters. The van der Waals surface area contributed by atoms with Gasteiger partial charge in [0.25, 0.3) is 5.56 Å². The van der Waals surface area contributed by atoms with E-state index in [2.05, 4.69) is 20.6 Å². The first kappa shape index (κ1) is 29.2. The molecule has 1 saturated heterocycles. The maximum Gasteiger partial charge on any atom is 0.320 e. The minimum absolute atomic E-state index is 0.166. The number of carbonyl (C=O) groups is 1. The number of halogens is 1. The van der Waals surface area contributed by atoms with Crippen LogP contribution < -0.4 is 16.2 Å². The van der Waals surface area contributed by atoms with Crippen molar-refractivity contribution in [2.75, 3.05) is 19.0 Å². The molecule has 0 aliphatic carbocycles. The second kappa shape index (κ2) is 12.0. The minimum Gasteiger partial charge on any atom is -0.385 e. The zero-order valence-corrected chi connectivity index (χ0v) is 24.8. The Morgan fingerprint density at radius 3 is 2.68 bits per heavy atom. The van der Waals surface area contributed by atoms with Gasteiger partial charge in [0, 0.05) is 51.3 Å². The smallest absolute Gasteiger partial charge is 0.320 e. The lowest BCUT2D eigenvalue weighted by molar-refractivity contribution is 0.0210. The number of hydrogen-bond acceptors (Lipinski definition) is 7.